The van der Waals surface area contributed by atoms with E-state index >= 15 is 0 Å². The van der Waals surface area contributed by atoms with Crippen LogP contribution in [0.4, 0.5) is 17.6 Å². The van der Waals surface area contributed by atoms with E-state index in [0.717, 1.165) is 51.0 Å². The number of morpholine rings is 1. The minimum Gasteiger partial charge on any atom is -0.378 e. The highest BCUT2D eigenvalue weighted by Crippen LogP contribution is 2.26. The van der Waals surface area contributed by atoms with E-state index in [9.17, 15) is 0 Å². The lowest BCUT2D eigenvalue weighted by Crippen LogP contribution is -2.38. The van der Waals surface area contributed by atoms with Gasteiger partial charge in [0.25, 0.3) is 0 Å². The van der Waals surface area contributed by atoms with E-state index in [-0.39, 0.29) is 0 Å². The van der Waals surface area contributed by atoms with Gasteiger partial charge in [-0.3, -0.25) is 0 Å². The molecular weight excluding hydrogens is 348 g/mol. The van der Waals surface area contributed by atoms with Crippen LogP contribution in [0.3, 0.4) is 0 Å². The molecule has 3 heterocycles. The van der Waals surface area contributed by atoms with Crippen LogP contribution in [-0.4, -0.2) is 61.0 Å². The van der Waals surface area contributed by atoms with E-state index in [1.807, 2.05) is 0 Å². The van der Waals surface area contributed by atoms with Gasteiger partial charge in [-0.15, -0.1) is 6.58 Å². The van der Waals surface area contributed by atoms with Crippen molar-refractivity contribution in [3.05, 3.63) is 18.7 Å². The summed E-state index contributed by atoms with van der Waals surface area (Å²) in [5, 5.41) is 6.68. The average Bonchev–Trinajstić information content (AvgIpc) is 2.67. The molecule has 0 saturated carbocycles. The van der Waals surface area contributed by atoms with Crippen molar-refractivity contribution in [2.75, 3.05) is 61.1 Å². The van der Waals surface area contributed by atoms with Crippen LogP contribution in [0.15, 0.2) is 18.7 Å². The smallest absolute Gasteiger partial charge is 0.232 e. The van der Waals surface area contributed by atoms with Gasteiger partial charge in [-0.25, -0.2) is 0 Å². The van der Waals surface area contributed by atoms with Gasteiger partial charge in [-0.1, -0.05) is 13.0 Å². The van der Waals surface area contributed by atoms with Crippen molar-refractivity contribution in [1.29, 1.82) is 0 Å². The molecule has 0 radical (unpaired) electrons. The molecule has 7 nitrogen and oxygen atoms in total. The van der Waals surface area contributed by atoms with Crippen molar-refractivity contribution in [1.82, 2.24) is 15.3 Å². The summed E-state index contributed by atoms with van der Waals surface area (Å²) in [4.78, 5) is 14.0. The number of nitrogens with zero attached hydrogens (tertiary/aromatic N) is 4. The Bertz CT molecular complexity index is 634. The number of thiocarbonyl (C=S) groups is 1. The summed E-state index contributed by atoms with van der Waals surface area (Å²) in [6.45, 7) is 11.8. The average molecular weight is 377 g/mol. The van der Waals surface area contributed by atoms with Gasteiger partial charge in [-0.05, 0) is 31.0 Å². The Balaban J connectivity index is 1.83. The van der Waals surface area contributed by atoms with Gasteiger partial charge < -0.3 is 25.2 Å². The zero-order valence-electron chi connectivity index (χ0n) is 15.4. The zero-order valence-corrected chi connectivity index (χ0v) is 16.2. The highest BCUT2D eigenvalue weighted by Gasteiger charge is 2.21. The van der Waals surface area contributed by atoms with Crippen molar-refractivity contribution >= 4 is 34.9 Å². The van der Waals surface area contributed by atoms with Gasteiger partial charge in [0.1, 0.15) is 11.6 Å². The molecule has 3 rings (SSSR count). The molecule has 2 aliphatic heterocycles. The number of nitrogens with one attached hydrogen (secondary N) is 2. The summed E-state index contributed by atoms with van der Waals surface area (Å²) in [6.07, 6.45) is 4.23. The van der Waals surface area contributed by atoms with Gasteiger partial charge >= 0.3 is 0 Å². The number of rotatable bonds is 5. The number of piperidine rings is 1. The largest absolute Gasteiger partial charge is 0.378 e. The molecule has 0 bridgehead atoms. The van der Waals surface area contributed by atoms with Crippen LogP contribution in [0.2, 0.25) is 0 Å². The minimum atomic E-state index is 0.502. The van der Waals surface area contributed by atoms with Crippen LogP contribution in [0.25, 0.3) is 0 Å². The Hall–Kier alpha value is -1.93. The fourth-order valence-electron chi connectivity index (χ4n) is 3.30. The summed E-state index contributed by atoms with van der Waals surface area (Å²) >= 11 is 5.32. The number of anilines is 3. The van der Waals surface area contributed by atoms with Crippen LogP contribution in [0.5, 0.6) is 0 Å². The maximum Gasteiger partial charge on any atom is 0.232 e. The Morgan fingerprint density at radius 1 is 1.31 bits per heavy atom. The van der Waals surface area contributed by atoms with E-state index < -0.39 is 0 Å². The van der Waals surface area contributed by atoms with Gasteiger partial charge in [0.2, 0.25) is 5.95 Å². The van der Waals surface area contributed by atoms with Crippen molar-refractivity contribution in [3.63, 3.8) is 0 Å². The maximum absolute atomic E-state index is 5.47. The fraction of sp³-hybridized carbons (Fsp3) is 0.611. The first-order valence-electron chi connectivity index (χ1n) is 9.28. The molecule has 0 aromatic carbocycles. The van der Waals surface area contributed by atoms with E-state index in [4.69, 9.17) is 21.9 Å². The molecule has 2 N–H and O–H groups in total. The molecule has 1 aromatic heterocycles. The molecular formula is C18H28N6OS. The maximum atomic E-state index is 5.47. The lowest BCUT2D eigenvalue weighted by Gasteiger charge is -2.33. The van der Waals surface area contributed by atoms with E-state index in [1.54, 1.807) is 6.08 Å². The Morgan fingerprint density at radius 3 is 2.73 bits per heavy atom. The van der Waals surface area contributed by atoms with E-state index in [1.165, 1.54) is 12.8 Å². The molecule has 2 fully saturated rings. The second-order valence-electron chi connectivity index (χ2n) is 6.82. The van der Waals surface area contributed by atoms with Crippen molar-refractivity contribution in [3.8, 4) is 0 Å². The SMILES string of the molecule is C=CCNC(=S)Nc1nc(N2CCOCC2)cc(N2CCC[C@@H](C)C2)n1. The number of hydrogen-bond acceptors (Lipinski definition) is 6. The Kier molecular flexibility index (Phi) is 6.62. The molecule has 2 aliphatic rings. The predicted molar refractivity (Wildman–Crippen MR) is 110 cm³/mol. The van der Waals surface area contributed by atoms with Gasteiger partial charge in [-0.2, -0.15) is 9.97 Å². The molecule has 8 heteroatoms. The second kappa shape index (κ2) is 9.14. The summed E-state index contributed by atoms with van der Waals surface area (Å²) in [5.74, 6) is 3.09. The first-order valence-corrected chi connectivity index (χ1v) is 9.69. The number of aromatic nitrogens is 2. The third kappa shape index (κ3) is 5.04. The summed E-state index contributed by atoms with van der Waals surface area (Å²) in [5.41, 5.74) is 0. The fourth-order valence-corrected chi connectivity index (χ4v) is 3.48. The predicted octanol–water partition coefficient (Wildman–Crippen LogP) is 2.02. The van der Waals surface area contributed by atoms with Crippen LogP contribution < -0.4 is 20.4 Å². The lowest BCUT2D eigenvalue weighted by molar-refractivity contribution is 0.122. The minimum absolute atomic E-state index is 0.502. The van der Waals surface area contributed by atoms with Gasteiger partial charge in [0, 0.05) is 38.8 Å². The topological polar surface area (TPSA) is 65.6 Å². The van der Waals surface area contributed by atoms with Crippen LogP contribution in [-0.2, 0) is 4.74 Å². The normalized spacial score (nSPS) is 20.6. The van der Waals surface area contributed by atoms with Gasteiger partial charge in [0.15, 0.2) is 5.11 Å². The molecule has 0 aliphatic carbocycles. The molecule has 142 valence electrons. The zero-order chi connectivity index (χ0) is 18.4. The molecule has 26 heavy (non-hydrogen) atoms. The van der Waals surface area contributed by atoms with Crippen LogP contribution in [0.1, 0.15) is 19.8 Å². The molecule has 0 spiro atoms. The second-order valence-corrected chi connectivity index (χ2v) is 7.23. The highest BCUT2D eigenvalue weighted by atomic mass is 32.1. The molecule has 2 saturated heterocycles. The highest BCUT2D eigenvalue weighted by molar-refractivity contribution is 7.80. The summed E-state index contributed by atoms with van der Waals surface area (Å²) in [7, 11) is 0. The van der Waals surface area contributed by atoms with Crippen LogP contribution in [0, 0.1) is 5.92 Å². The monoisotopic (exact) mass is 376 g/mol. The lowest BCUT2D eigenvalue weighted by atomic mass is 10.0. The van der Waals surface area contributed by atoms with E-state index in [2.05, 4.69) is 45.0 Å². The van der Waals surface area contributed by atoms with Crippen LogP contribution >= 0.6 is 12.2 Å². The van der Waals surface area contributed by atoms with E-state index in [0.29, 0.717) is 23.5 Å². The third-order valence-electron chi connectivity index (χ3n) is 4.65. The third-order valence-corrected chi connectivity index (χ3v) is 4.89. The molecule has 1 aromatic rings. The molecule has 0 unspecified atom stereocenters. The van der Waals surface area contributed by atoms with Gasteiger partial charge in [0.05, 0.1) is 13.2 Å². The summed E-state index contributed by atoms with van der Waals surface area (Å²) < 4.78 is 5.47. The standard InChI is InChI=1S/C18H28N6OS/c1-3-6-19-18(26)22-17-20-15(23-8-10-25-11-9-23)12-16(21-17)24-7-4-5-14(2)13-24/h3,12,14H,1,4-11,13H2,2H3,(H2,19,20,21,22,26)/t14-/m1/s1. The number of hydrogen-bond donors (Lipinski definition) is 2. The van der Waals surface area contributed by atoms with Crippen molar-refractivity contribution in [2.24, 2.45) is 5.92 Å². The first kappa shape index (κ1) is 18.8. The first-order chi connectivity index (χ1) is 12.7. The summed E-state index contributed by atoms with van der Waals surface area (Å²) in [6, 6.07) is 2.09. The quantitative estimate of drug-likeness (QED) is 0.598. The van der Waals surface area contributed by atoms with Crippen molar-refractivity contribution < 1.29 is 4.74 Å². The van der Waals surface area contributed by atoms with Crippen molar-refractivity contribution in [2.45, 2.75) is 19.8 Å². The Morgan fingerprint density at radius 2 is 2.04 bits per heavy atom. The molecule has 1 atom stereocenters. The Labute approximate surface area is 160 Å². The number of ether oxygens (including phenoxy) is 1. The molecule has 0 amide bonds.